The second kappa shape index (κ2) is 10.2. The van der Waals surface area contributed by atoms with Crippen LogP contribution in [0.15, 0.2) is 66.7 Å². The molecule has 0 heterocycles. The van der Waals surface area contributed by atoms with E-state index < -0.39 is 0 Å². The topological polar surface area (TPSA) is 62.1 Å². The molecular weight excluding hydrogens is 443 g/mol. The highest BCUT2D eigenvalue weighted by atomic mass is 35.5. The third-order valence-electron chi connectivity index (χ3n) is 4.06. The highest BCUT2D eigenvalue weighted by Gasteiger charge is 2.09. The maximum atomic E-state index is 12.2. The number of ether oxygens (including phenoxy) is 1. The lowest BCUT2D eigenvalue weighted by atomic mass is 10.0. The van der Waals surface area contributed by atoms with E-state index in [0.29, 0.717) is 37.6 Å². The van der Waals surface area contributed by atoms with Crippen molar-refractivity contribution in [2.45, 2.75) is 0 Å². The van der Waals surface area contributed by atoms with Gasteiger partial charge in [-0.15, -0.1) is 0 Å². The van der Waals surface area contributed by atoms with Gasteiger partial charge < -0.3 is 10.1 Å². The maximum absolute atomic E-state index is 12.2. The first-order chi connectivity index (χ1) is 14.5. The number of carbonyl (C=O) groups is 1. The van der Waals surface area contributed by atoms with Gasteiger partial charge in [0.25, 0.3) is 5.91 Å². The van der Waals surface area contributed by atoms with Crippen molar-refractivity contribution in [2.24, 2.45) is 0 Å². The molecule has 3 rings (SSSR count). The summed E-state index contributed by atoms with van der Waals surface area (Å²) in [5.74, 6) is 0.119. The van der Waals surface area contributed by atoms with Crippen molar-refractivity contribution in [2.75, 3.05) is 11.9 Å². The molecule has 0 aliphatic rings. The van der Waals surface area contributed by atoms with Crippen LogP contribution in [0.25, 0.3) is 11.6 Å². The number of benzene rings is 3. The summed E-state index contributed by atoms with van der Waals surface area (Å²) in [5.41, 5.74) is 2.36. The molecule has 3 aromatic carbocycles. The number of allylic oxidation sites excluding steroid dienone is 1. The second-order valence-corrected chi connectivity index (χ2v) is 7.43. The first-order valence-corrected chi connectivity index (χ1v) is 9.94. The first-order valence-electron chi connectivity index (χ1n) is 8.81. The molecule has 0 fully saturated rings. The Kier molecular flexibility index (Phi) is 7.37. The molecule has 7 heteroatoms. The number of hydrogen-bond acceptors (Lipinski definition) is 3. The van der Waals surface area contributed by atoms with E-state index in [9.17, 15) is 10.1 Å². The van der Waals surface area contributed by atoms with Crippen LogP contribution in [0, 0.1) is 11.3 Å². The Balaban J connectivity index is 1.73. The van der Waals surface area contributed by atoms with Gasteiger partial charge in [-0.2, -0.15) is 5.26 Å². The van der Waals surface area contributed by atoms with Gasteiger partial charge in [0.05, 0.1) is 21.7 Å². The van der Waals surface area contributed by atoms with E-state index >= 15 is 0 Å². The summed E-state index contributed by atoms with van der Waals surface area (Å²) in [7, 11) is 0. The molecule has 0 radical (unpaired) electrons. The van der Waals surface area contributed by atoms with Gasteiger partial charge in [0.1, 0.15) is 5.75 Å². The number of para-hydroxylation sites is 1. The third-order valence-corrected chi connectivity index (χ3v) is 5.05. The highest BCUT2D eigenvalue weighted by Crippen LogP contribution is 2.26. The van der Waals surface area contributed by atoms with E-state index in [2.05, 4.69) is 11.4 Å². The highest BCUT2D eigenvalue weighted by molar-refractivity contribution is 6.42. The average molecular weight is 458 g/mol. The number of anilines is 1. The number of amides is 1. The van der Waals surface area contributed by atoms with E-state index in [1.54, 1.807) is 66.7 Å². The van der Waals surface area contributed by atoms with Gasteiger partial charge in [-0.3, -0.25) is 4.79 Å². The molecule has 0 aliphatic carbocycles. The minimum absolute atomic E-state index is 0.214. The summed E-state index contributed by atoms with van der Waals surface area (Å²) in [6, 6.07) is 21.1. The Morgan fingerprint density at radius 2 is 1.73 bits per heavy atom. The minimum Gasteiger partial charge on any atom is -0.483 e. The number of halogens is 3. The van der Waals surface area contributed by atoms with Crippen LogP contribution in [0.1, 0.15) is 11.1 Å². The SMILES string of the molecule is N#C/C(=C\c1ccccc1OCC(=O)Nc1ccc(Cl)c(Cl)c1)c1ccc(Cl)cc1. The number of nitrogens with zero attached hydrogens (tertiary/aromatic N) is 1. The number of carbonyl (C=O) groups excluding carboxylic acids is 1. The van der Waals surface area contributed by atoms with E-state index in [1.807, 2.05) is 6.07 Å². The predicted octanol–water partition coefficient (Wildman–Crippen LogP) is 6.73. The summed E-state index contributed by atoms with van der Waals surface area (Å²) in [5, 5.41) is 13.6. The second-order valence-electron chi connectivity index (χ2n) is 6.18. The molecule has 0 bridgehead atoms. The molecule has 4 nitrogen and oxygen atoms in total. The van der Waals surface area contributed by atoms with Gasteiger partial charge in [-0.1, -0.05) is 65.1 Å². The van der Waals surface area contributed by atoms with Crippen molar-refractivity contribution in [3.8, 4) is 11.8 Å². The van der Waals surface area contributed by atoms with Crippen molar-refractivity contribution in [1.29, 1.82) is 5.26 Å². The predicted molar refractivity (Wildman–Crippen MR) is 122 cm³/mol. The Morgan fingerprint density at radius 1 is 1.00 bits per heavy atom. The smallest absolute Gasteiger partial charge is 0.262 e. The van der Waals surface area contributed by atoms with Gasteiger partial charge in [-0.25, -0.2) is 0 Å². The lowest BCUT2D eigenvalue weighted by Gasteiger charge is -2.11. The Bertz CT molecular complexity index is 1140. The first kappa shape index (κ1) is 21.7. The molecule has 3 aromatic rings. The normalized spacial score (nSPS) is 10.9. The number of rotatable bonds is 6. The number of hydrogen-bond donors (Lipinski definition) is 1. The Hall–Kier alpha value is -2.97. The molecule has 1 N–H and O–H groups in total. The summed E-state index contributed by atoms with van der Waals surface area (Å²) >= 11 is 17.8. The van der Waals surface area contributed by atoms with Crippen molar-refractivity contribution in [3.63, 3.8) is 0 Å². The molecule has 0 aromatic heterocycles. The van der Waals surface area contributed by atoms with Gasteiger partial charge in [-0.05, 0) is 48.0 Å². The van der Waals surface area contributed by atoms with Crippen molar-refractivity contribution in [1.82, 2.24) is 0 Å². The van der Waals surface area contributed by atoms with E-state index in [4.69, 9.17) is 39.5 Å². The molecule has 0 saturated carbocycles. The van der Waals surface area contributed by atoms with Crippen LogP contribution in [0.5, 0.6) is 5.75 Å². The fourth-order valence-electron chi connectivity index (χ4n) is 2.61. The van der Waals surface area contributed by atoms with E-state index in [1.165, 1.54) is 0 Å². The molecule has 1 amide bonds. The zero-order valence-electron chi connectivity index (χ0n) is 15.5. The summed E-state index contributed by atoms with van der Waals surface area (Å²) < 4.78 is 5.68. The van der Waals surface area contributed by atoms with Crippen LogP contribution in [0.2, 0.25) is 15.1 Å². The lowest BCUT2D eigenvalue weighted by Crippen LogP contribution is -2.20. The van der Waals surface area contributed by atoms with Gasteiger partial charge in [0.2, 0.25) is 0 Å². The quantitative estimate of drug-likeness (QED) is 0.330. The van der Waals surface area contributed by atoms with Gasteiger partial charge in [0.15, 0.2) is 6.61 Å². The van der Waals surface area contributed by atoms with Crippen molar-refractivity contribution >= 4 is 58.0 Å². The third kappa shape index (κ3) is 5.77. The van der Waals surface area contributed by atoms with E-state index in [-0.39, 0.29) is 12.5 Å². The largest absolute Gasteiger partial charge is 0.483 e. The van der Waals surface area contributed by atoms with Crippen LogP contribution in [-0.4, -0.2) is 12.5 Å². The standard InChI is InChI=1S/C23H15Cl3N2O2/c24-18-7-5-15(6-8-18)17(13-27)11-16-3-1-2-4-22(16)30-14-23(29)28-19-9-10-20(25)21(26)12-19/h1-12H,14H2,(H,28,29)/b17-11+. The van der Waals surface area contributed by atoms with E-state index in [0.717, 1.165) is 5.56 Å². The molecule has 0 aliphatic heterocycles. The Labute approximate surface area is 189 Å². The summed E-state index contributed by atoms with van der Waals surface area (Å²) in [6.45, 7) is -0.214. The minimum atomic E-state index is -0.356. The zero-order chi connectivity index (χ0) is 21.5. The number of nitrogens with one attached hydrogen (secondary N) is 1. The fraction of sp³-hybridized carbons (Fsp3) is 0.0435. The van der Waals surface area contributed by atoms with Crippen LogP contribution in [-0.2, 0) is 4.79 Å². The van der Waals surface area contributed by atoms with Gasteiger partial charge in [0, 0.05) is 16.3 Å². The average Bonchev–Trinajstić information content (AvgIpc) is 2.74. The molecule has 150 valence electrons. The number of nitriles is 1. The summed E-state index contributed by atoms with van der Waals surface area (Å²) in [6.07, 6.45) is 1.70. The van der Waals surface area contributed by atoms with Crippen molar-refractivity contribution < 1.29 is 9.53 Å². The molecule has 30 heavy (non-hydrogen) atoms. The fourth-order valence-corrected chi connectivity index (χ4v) is 3.03. The molecular formula is C23H15Cl3N2O2. The molecule has 0 spiro atoms. The molecule has 0 unspecified atom stereocenters. The van der Waals surface area contributed by atoms with Crippen LogP contribution < -0.4 is 10.1 Å². The monoisotopic (exact) mass is 456 g/mol. The van der Waals surface area contributed by atoms with Crippen molar-refractivity contribution in [3.05, 3.63) is 92.9 Å². The lowest BCUT2D eigenvalue weighted by molar-refractivity contribution is -0.118. The molecule has 0 atom stereocenters. The zero-order valence-corrected chi connectivity index (χ0v) is 17.8. The van der Waals surface area contributed by atoms with Crippen LogP contribution in [0.4, 0.5) is 5.69 Å². The van der Waals surface area contributed by atoms with Crippen LogP contribution >= 0.6 is 34.8 Å². The Morgan fingerprint density at radius 3 is 2.43 bits per heavy atom. The summed E-state index contributed by atoms with van der Waals surface area (Å²) in [4.78, 5) is 12.2. The van der Waals surface area contributed by atoms with Gasteiger partial charge >= 0.3 is 0 Å². The molecule has 0 saturated heterocycles. The van der Waals surface area contributed by atoms with Crippen LogP contribution in [0.3, 0.4) is 0 Å². The maximum Gasteiger partial charge on any atom is 0.262 e.